The monoisotopic (exact) mass is 251 g/mol. The lowest BCUT2D eigenvalue weighted by Crippen LogP contribution is -2.45. The van der Waals surface area contributed by atoms with E-state index in [0.717, 1.165) is 0 Å². The van der Waals surface area contributed by atoms with E-state index in [1.54, 1.807) is 0 Å². The molecule has 0 aliphatic heterocycles. The molecule has 0 unspecified atom stereocenters. The van der Waals surface area contributed by atoms with Crippen molar-refractivity contribution >= 4 is 11.8 Å². The summed E-state index contributed by atoms with van der Waals surface area (Å²) in [5, 5.41) is 16.0. The van der Waals surface area contributed by atoms with Gasteiger partial charge in [0.05, 0.1) is 12.1 Å². The van der Waals surface area contributed by atoms with Gasteiger partial charge in [-0.25, -0.2) is 0 Å². The van der Waals surface area contributed by atoms with Crippen molar-refractivity contribution in [1.82, 2.24) is 10.6 Å². The summed E-state index contributed by atoms with van der Waals surface area (Å²) in [6.45, 7) is 5.48. The number of nitrogens with one attached hydrogen (secondary N) is 2. The molecular weight excluding hydrogens is 234 g/mol. The van der Waals surface area contributed by atoms with Crippen molar-refractivity contribution in [2.75, 3.05) is 6.54 Å². The zero-order valence-electron chi connectivity index (χ0n) is 10.7. The number of rotatable bonds is 3. The van der Waals surface area contributed by atoms with Gasteiger partial charge in [-0.1, -0.05) is 0 Å². The maximum absolute atomic E-state index is 11.6. The van der Waals surface area contributed by atoms with Gasteiger partial charge in [-0.05, 0) is 20.8 Å². The Kier molecular flexibility index (Phi) is 4.25. The highest BCUT2D eigenvalue weighted by atomic mass is 16.5. The lowest BCUT2D eigenvalue weighted by molar-refractivity contribution is -0.605. The minimum absolute atomic E-state index is 0.0949. The zero-order valence-corrected chi connectivity index (χ0v) is 10.7. The van der Waals surface area contributed by atoms with Gasteiger partial charge in [0.15, 0.2) is 12.4 Å². The van der Waals surface area contributed by atoms with Gasteiger partial charge in [-0.3, -0.25) is 9.59 Å². The standard InChI is InChI=1S/C12H17N3O3/c1-12(2,3)14-10(16)8-13-11(17)9-4-6-15(18)7-5-9/h4-7H,8H2,1-3H3,(H,13,17)(H,14,16). The molecule has 18 heavy (non-hydrogen) atoms. The summed E-state index contributed by atoms with van der Waals surface area (Å²) in [5.41, 5.74) is 0.00788. The summed E-state index contributed by atoms with van der Waals surface area (Å²) in [4.78, 5) is 23.1. The number of aromatic nitrogens is 1. The third kappa shape index (κ3) is 4.82. The van der Waals surface area contributed by atoms with Gasteiger partial charge in [0, 0.05) is 17.7 Å². The predicted molar refractivity (Wildman–Crippen MR) is 65.6 cm³/mol. The number of amides is 2. The van der Waals surface area contributed by atoms with Gasteiger partial charge >= 0.3 is 0 Å². The van der Waals surface area contributed by atoms with Gasteiger partial charge in [0.1, 0.15) is 0 Å². The molecule has 0 spiro atoms. The zero-order chi connectivity index (χ0) is 13.8. The normalized spacial score (nSPS) is 10.8. The van der Waals surface area contributed by atoms with Crippen LogP contribution >= 0.6 is 0 Å². The molecule has 2 amide bonds. The molecule has 0 bridgehead atoms. The van der Waals surface area contributed by atoms with Gasteiger partial charge in [-0.2, -0.15) is 4.73 Å². The minimum Gasteiger partial charge on any atom is -0.619 e. The molecule has 0 saturated carbocycles. The maximum atomic E-state index is 11.6. The molecule has 0 aliphatic rings. The second-order valence-corrected chi connectivity index (χ2v) is 4.93. The van der Waals surface area contributed by atoms with E-state index < -0.39 is 0 Å². The van der Waals surface area contributed by atoms with E-state index >= 15 is 0 Å². The number of hydrogen-bond acceptors (Lipinski definition) is 3. The molecule has 1 heterocycles. The predicted octanol–water partition coefficient (Wildman–Crippen LogP) is -0.0355. The molecule has 0 fully saturated rings. The molecule has 0 aromatic carbocycles. The van der Waals surface area contributed by atoms with Crippen LogP contribution in [0.25, 0.3) is 0 Å². The summed E-state index contributed by atoms with van der Waals surface area (Å²) in [6.07, 6.45) is 2.45. The molecule has 1 rings (SSSR count). The molecule has 1 aromatic heterocycles. The van der Waals surface area contributed by atoms with E-state index in [1.165, 1.54) is 24.5 Å². The van der Waals surface area contributed by atoms with Crippen LogP contribution < -0.4 is 15.4 Å². The summed E-state index contributed by atoms with van der Waals surface area (Å²) in [6, 6.07) is 2.79. The fraction of sp³-hybridized carbons (Fsp3) is 0.417. The number of carbonyl (C=O) groups excluding carboxylic acids is 2. The Morgan fingerprint density at radius 3 is 2.33 bits per heavy atom. The first kappa shape index (κ1) is 14.0. The van der Waals surface area contributed by atoms with Gasteiger partial charge < -0.3 is 15.8 Å². The van der Waals surface area contributed by atoms with Crippen LogP contribution in [-0.2, 0) is 4.79 Å². The average molecular weight is 251 g/mol. The number of pyridine rings is 1. The summed E-state index contributed by atoms with van der Waals surface area (Å²) >= 11 is 0. The molecule has 0 radical (unpaired) electrons. The minimum atomic E-state index is -0.389. The molecule has 6 heteroatoms. The summed E-state index contributed by atoms with van der Waals surface area (Å²) in [5.74, 6) is -0.648. The van der Waals surface area contributed by atoms with E-state index in [2.05, 4.69) is 10.6 Å². The van der Waals surface area contributed by atoms with E-state index in [4.69, 9.17) is 0 Å². The lowest BCUT2D eigenvalue weighted by atomic mass is 10.1. The third-order valence-corrected chi connectivity index (χ3v) is 1.99. The van der Waals surface area contributed by atoms with Crippen molar-refractivity contribution in [1.29, 1.82) is 0 Å². The van der Waals surface area contributed by atoms with Crippen molar-refractivity contribution in [2.45, 2.75) is 26.3 Å². The molecule has 0 aliphatic carbocycles. The van der Waals surface area contributed by atoms with Crippen LogP contribution in [0.5, 0.6) is 0 Å². The maximum Gasteiger partial charge on any atom is 0.252 e. The SMILES string of the molecule is CC(C)(C)NC(=O)CNC(=O)c1cc[n+]([O-])cc1. The highest BCUT2D eigenvalue weighted by molar-refractivity contribution is 5.96. The van der Waals surface area contributed by atoms with Crippen molar-refractivity contribution < 1.29 is 14.3 Å². The van der Waals surface area contributed by atoms with Crippen molar-refractivity contribution in [3.05, 3.63) is 35.3 Å². The fourth-order valence-electron chi connectivity index (χ4n) is 1.29. The smallest absolute Gasteiger partial charge is 0.252 e. The summed E-state index contributed by atoms with van der Waals surface area (Å²) < 4.78 is 0.586. The largest absolute Gasteiger partial charge is 0.619 e. The van der Waals surface area contributed by atoms with Crippen molar-refractivity contribution in [3.63, 3.8) is 0 Å². The quantitative estimate of drug-likeness (QED) is 0.584. The van der Waals surface area contributed by atoms with Crippen LogP contribution in [-0.4, -0.2) is 23.9 Å². The highest BCUT2D eigenvalue weighted by Crippen LogP contribution is 1.98. The Morgan fingerprint density at radius 2 is 1.83 bits per heavy atom. The first-order chi connectivity index (χ1) is 8.28. The van der Waals surface area contributed by atoms with E-state index in [1.807, 2.05) is 20.8 Å². The van der Waals surface area contributed by atoms with Crippen LogP contribution in [0.4, 0.5) is 0 Å². The fourth-order valence-corrected chi connectivity index (χ4v) is 1.29. The molecule has 1 aromatic rings. The Balaban J connectivity index is 2.47. The van der Waals surface area contributed by atoms with Crippen LogP contribution in [0.3, 0.4) is 0 Å². The van der Waals surface area contributed by atoms with E-state index in [-0.39, 0.29) is 23.9 Å². The first-order valence-corrected chi connectivity index (χ1v) is 5.56. The lowest BCUT2D eigenvalue weighted by Gasteiger charge is -2.20. The molecule has 2 N–H and O–H groups in total. The first-order valence-electron chi connectivity index (χ1n) is 5.56. The molecule has 0 atom stereocenters. The summed E-state index contributed by atoms with van der Waals surface area (Å²) in [7, 11) is 0. The van der Waals surface area contributed by atoms with Gasteiger partial charge in [0.2, 0.25) is 5.91 Å². The second-order valence-electron chi connectivity index (χ2n) is 4.93. The second kappa shape index (κ2) is 5.48. The van der Waals surface area contributed by atoms with Crippen LogP contribution in [0.15, 0.2) is 24.5 Å². The van der Waals surface area contributed by atoms with Crippen molar-refractivity contribution in [3.8, 4) is 0 Å². The Bertz CT molecular complexity index is 435. The van der Waals surface area contributed by atoms with Crippen LogP contribution in [0.2, 0.25) is 0 Å². The number of carbonyl (C=O) groups is 2. The molecule has 0 saturated heterocycles. The topological polar surface area (TPSA) is 85.1 Å². The third-order valence-electron chi connectivity index (χ3n) is 1.99. The van der Waals surface area contributed by atoms with Crippen LogP contribution in [0, 0.1) is 5.21 Å². The number of hydrogen-bond donors (Lipinski definition) is 2. The average Bonchev–Trinajstić information content (AvgIpc) is 2.24. The Labute approximate surface area is 106 Å². The highest BCUT2D eigenvalue weighted by Gasteiger charge is 2.14. The van der Waals surface area contributed by atoms with Gasteiger partial charge in [0.25, 0.3) is 5.91 Å². The number of nitrogens with zero attached hydrogens (tertiary/aromatic N) is 1. The molecule has 98 valence electrons. The van der Waals surface area contributed by atoms with E-state index in [0.29, 0.717) is 10.3 Å². The van der Waals surface area contributed by atoms with Crippen LogP contribution in [0.1, 0.15) is 31.1 Å². The van der Waals surface area contributed by atoms with E-state index in [9.17, 15) is 14.8 Å². The molecule has 6 nitrogen and oxygen atoms in total. The van der Waals surface area contributed by atoms with Crippen molar-refractivity contribution in [2.24, 2.45) is 0 Å². The molecular formula is C12H17N3O3. The van der Waals surface area contributed by atoms with Gasteiger partial charge in [-0.15, -0.1) is 0 Å². The Hall–Kier alpha value is -2.11. The Morgan fingerprint density at radius 1 is 1.28 bits per heavy atom.